The van der Waals surface area contributed by atoms with Crippen molar-refractivity contribution in [3.05, 3.63) is 138 Å². The molecule has 0 saturated heterocycles. The van der Waals surface area contributed by atoms with Crippen molar-refractivity contribution in [3.63, 3.8) is 0 Å². The van der Waals surface area contributed by atoms with Crippen LogP contribution in [-0.2, 0) is 0 Å². The molecule has 1 N–H and O–H groups in total. The van der Waals surface area contributed by atoms with Crippen LogP contribution < -0.4 is 14.9 Å². The number of benzene rings is 4. The summed E-state index contributed by atoms with van der Waals surface area (Å²) in [6.07, 6.45) is 1.42. The lowest BCUT2D eigenvalue weighted by molar-refractivity contribution is -0.394. The molecule has 1 aromatic heterocycles. The number of hydrogen-bond donors (Lipinski definition) is 1. The number of nitro groups is 2. The number of non-ortho nitro benzene ring substituents is 1. The number of hydrazone groups is 1. The van der Waals surface area contributed by atoms with Gasteiger partial charge in [-0.25, -0.2) is 5.43 Å². The third-order valence-electron chi connectivity index (χ3n) is 6.73. The van der Waals surface area contributed by atoms with Crippen molar-refractivity contribution in [1.29, 1.82) is 0 Å². The van der Waals surface area contributed by atoms with Gasteiger partial charge in [0, 0.05) is 23.0 Å². The van der Waals surface area contributed by atoms with Crippen LogP contribution in [-0.4, -0.2) is 33.6 Å². The van der Waals surface area contributed by atoms with E-state index in [2.05, 4.69) is 21.2 Å². The molecule has 5 rings (SSSR count). The summed E-state index contributed by atoms with van der Waals surface area (Å²) in [5.74, 6) is -0.195. The maximum atomic E-state index is 12.8. The average Bonchev–Trinajstić information content (AvgIpc) is 3.43. The average molecular weight is 717 g/mol. The van der Waals surface area contributed by atoms with Crippen LogP contribution in [0.1, 0.15) is 21.6 Å². The fourth-order valence-electron chi connectivity index (χ4n) is 4.58. The fourth-order valence-corrected chi connectivity index (χ4v) is 5.31. The van der Waals surface area contributed by atoms with E-state index in [1.165, 1.54) is 13.3 Å². The molecule has 0 unspecified atom stereocenters. The zero-order valence-corrected chi connectivity index (χ0v) is 26.0. The van der Waals surface area contributed by atoms with Crippen molar-refractivity contribution in [1.82, 2.24) is 9.99 Å². The molecular formula is C32H24IN5O7. The van der Waals surface area contributed by atoms with Crippen LogP contribution in [0.15, 0.2) is 102 Å². The summed E-state index contributed by atoms with van der Waals surface area (Å²) in [5, 5.41) is 26.6. The summed E-state index contributed by atoms with van der Waals surface area (Å²) in [6, 6.07) is 27.7. The van der Waals surface area contributed by atoms with Crippen LogP contribution in [0, 0.1) is 30.7 Å². The number of ether oxygens (including phenoxy) is 2. The van der Waals surface area contributed by atoms with E-state index < -0.39 is 27.1 Å². The van der Waals surface area contributed by atoms with Gasteiger partial charge in [-0.15, -0.1) is 0 Å². The Morgan fingerprint density at radius 3 is 2.31 bits per heavy atom. The van der Waals surface area contributed by atoms with Crippen LogP contribution in [0.25, 0.3) is 16.9 Å². The minimum Gasteiger partial charge on any atom is -0.493 e. The number of nitro benzene ring substituents is 2. The summed E-state index contributed by atoms with van der Waals surface area (Å²) < 4.78 is 13.8. The Morgan fingerprint density at radius 2 is 1.64 bits per heavy atom. The van der Waals surface area contributed by atoms with E-state index in [0.29, 0.717) is 14.7 Å². The molecule has 1 heterocycles. The lowest BCUT2D eigenvalue weighted by Crippen LogP contribution is -2.17. The Morgan fingerprint density at radius 1 is 0.911 bits per heavy atom. The molecule has 1 amide bonds. The molecule has 0 spiro atoms. The van der Waals surface area contributed by atoms with E-state index in [4.69, 9.17) is 9.47 Å². The third kappa shape index (κ3) is 6.83. The first kappa shape index (κ1) is 30.9. The summed E-state index contributed by atoms with van der Waals surface area (Å²) in [6.45, 7) is 2.02. The van der Waals surface area contributed by atoms with E-state index in [1.54, 1.807) is 24.3 Å². The van der Waals surface area contributed by atoms with E-state index in [9.17, 15) is 25.0 Å². The minimum atomic E-state index is -0.761. The van der Waals surface area contributed by atoms with Crippen molar-refractivity contribution in [3.8, 4) is 34.2 Å². The SMILES string of the molecule is COc1cc(/C=N\NC(=O)c2ccc(-n3c(C)ccc3-c3ccccc3)cc2)cc(I)c1Oc1ccc([N+](=O)[O-])cc1[N+](=O)[O-]. The van der Waals surface area contributed by atoms with Crippen molar-refractivity contribution in [2.45, 2.75) is 6.92 Å². The molecule has 5 aromatic rings. The highest BCUT2D eigenvalue weighted by atomic mass is 127. The number of halogens is 1. The van der Waals surface area contributed by atoms with Gasteiger partial charge < -0.3 is 14.0 Å². The Labute approximate surface area is 270 Å². The van der Waals surface area contributed by atoms with Crippen LogP contribution in [0.2, 0.25) is 0 Å². The molecule has 0 bridgehead atoms. The maximum absolute atomic E-state index is 12.8. The quantitative estimate of drug-likeness (QED) is 0.0683. The van der Waals surface area contributed by atoms with Gasteiger partial charge in [0.15, 0.2) is 11.5 Å². The number of amides is 1. The monoisotopic (exact) mass is 717 g/mol. The Bertz CT molecular complexity index is 1940. The first-order chi connectivity index (χ1) is 21.7. The number of nitrogens with one attached hydrogen (secondary N) is 1. The van der Waals surface area contributed by atoms with Crippen LogP contribution >= 0.6 is 22.6 Å². The second-order valence-corrected chi connectivity index (χ2v) is 10.8. The smallest absolute Gasteiger partial charge is 0.318 e. The Balaban J connectivity index is 1.30. The molecule has 13 heteroatoms. The van der Waals surface area contributed by atoms with Gasteiger partial charge in [0.1, 0.15) is 0 Å². The topological polar surface area (TPSA) is 151 Å². The first-order valence-electron chi connectivity index (χ1n) is 13.3. The molecule has 0 aliphatic carbocycles. The molecule has 12 nitrogen and oxygen atoms in total. The highest BCUT2D eigenvalue weighted by Gasteiger charge is 2.23. The number of carbonyl (C=O) groups is 1. The Kier molecular flexibility index (Phi) is 9.18. The highest BCUT2D eigenvalue weighted by molar-refractivity contribution is 14.1. The zero-order chi connectivity index (χ0) is 32.1. The summed E-state index contributed by atoms with van der Waals surface area (Å²) in [7, 11) is 1.40. The van der Waals surface area contributed by atoms with Crippen LogP contribution in [0.5, 0.6) is 17.2 Å². The number of methoxy groups -OCH3 is 1. The van der Waals surface area contributed by atoms with Gasteiger partial charge in [-0.3, -0.25) is 25.0 Å². The molecule has 0 aliphatic rings. The standard InChI is InChI=1S/C32H24IN5O7/c1-20-8-14-27(22-6-4-3-5-7-22)36(20)24-11-9-23(10-12-24)32(39)35-34-19-21-16-26(33)31(30(17-21)44-2)45-29-15-13-25(37(40)41)18-28(29)38(42)43/h3-19H,1-2H3,(H,35,39)/b34-19-. The molecule has 45 heavy (non-hydrogen) atoms. The number of aromatic nitrogens is 1. The number of hydrogen-bond acceptors (Lipinski definition) is 8. The number of rotatable bonds is 10. The van der Waals surface area contributed by atoms with Crippen molar-refractivity contribution in [2.75, 3.05) is 7.11 Å². The molecule has 4 aromatic carbocycles. The third-order valence-corrected chi connectivity index (χ3v) is 7.53. The van der Waals surface area contributed by atoms with E-state index in [0.717, 1.165) is 40.8 Å². The Hall–Kier alpha value is -5.57. The lowest BCUT2D eigenvalue weighted by Gasteiger charge is -2.13. The van der Waals surface area contributed by atoms with Gasteiger partial charge in [0.25, 0.3) is 11.6 Å². The van der Waals surface area contributed by atoms with Gasteiger partial charge >= 0.3 is 5.69 Å². The van der Waals surface area contributed by atoms with Gasteiger partial charge in [0.05, 0.1) is 38.5 Å². The largest absolute Gasteiger partial charge is 0.493 e. The summed E-state index contributed by atoms with van der Waals surface area (Å²) >= 11 is 1.96. The van der Waals surface area contributed by atoms with E-state index >= 15 is 0 Å². The predicted octanol–water partition coefficient (Wildman–Crippen LogP) is 7.44. The minimum absolute atomic E-state index is 0.171. The van der Waals surface area contributed by atoms with Crippen molar-refractivity contribution >= 4 is 46.1 Å². The molecule has 0 fully saturated rings. The lowest BCUT2D eigenvalue weighted by atomic mass is 10.1. The number of nitrogens with zero attached hydrogens (tertiary/aromatic N) is 4. The maximum Gasteiger partial charge on any atom is 0.318 e. The molecule has 226 valence electrons. The zero-order valence-electron chi connectivity index (χ0n) is 23.8. The van der Waals surface area contributed by atoms with Gasteiger partial charge in [-0.1, -0.05) is 30.3 Å². The summed E-state index contributed by atoms with van der Waals surface area (Å²) in [4.78, 5) is 33.9. The number of carbonyl (C=O) groups excluding carboxylic acids is 1. The van der Waals surface area contributed by atoms with E-state index in [1.807, 2.05) is 78.0 Å². The van der Waals surface area contributed by atoms with Gasteiger partial charge in [-0.05, 0) is 95.2 Å². The normalized spacial score (nSPS) is 10.9. The molecule has 0 radical (unpaired) electrons. The van der Waals surface area contributed by atoms with Gasteiger partial charge in [-0.2, -0.15) is 5.10 Å². The molecular weight excluding hydrogens is 693 g/mol. The van der Waals surface area contributed by atoms with Crippen LogP contribution in [0.4, 0.5) is 11.4 Å². The van der Waals surface area contributed by atoms with E-state index in [-0.39, 0.29) is 17.2 Å². The molecule has 0 atom stereocenters. The van der Waals surface area contributed by atoms with Gasteiger partial charge in [0.2, 0.25) is 5.75 Å². The molecule has 0 aliphatic heterocycles. The molecule has 0 saturated carbocycles. The second kappa shape index (κ2) is 13.4. The van der Waals surface area contributed by atoms with Crippen LogP contribution in [0.3, 0.4) is 0 Å². The summed E-state index contributed by atoms with van der Waals surface area (Å²) in [5.41, 5.74) is 6.58. The van der Waals surface area contributed by atoms with Crippen molar-refractivity contribution < 1.29 is 24.1 Å². The second-order valence-electron chi connectivity index (χ2n) is 9.61. The fraction of sp³-hybridized carbons (Fsp3) is 0.0625. The first-order valence-corrected chi connectivity index (χ1v) is 14.4. The van der Waals surface area contributed by atoms with Crippen molar-refractivity contribution in [2.24, 2.45) is 5.10 Å². The highest BCUT2D eigenvalue weighted by Crippen LogP contribution is 2.41. The predicted molar refractivity (Wildman–Crippen MR) is 177 cm³/mol. The number of aryl methyl sites for hydroxylation is 1.